The number of rotatable bonds is 5. The van der Waals surface area contributed by atoms with Crippen molar-refractivity contribution in [1.82, 2.24) is 10.2 Å². The third kappa shape index (κ3) is 3.68. The van der Waals surface area contributed by atoms with Crippen LogP contribution in [0, 0.1) is 0 Å². The highest BCUT2D eigenvalue weighted by Gasteiger charge is 1.99. The number of benzene rings is 1. The van der Waals surface area contributed by atoms with Gasteiger partial charge in [0.2, 0.25) is 0 Å². The molecule has 0 N–H and O–H groups in total. The number of hydrogen-bond donors (Lipinski definition) is 0. The molecule has 0 amide bonds. The predicted octanol–water partition coefficient (Wildman–Crippen LogP) is 2.86. The van der Waals surface area contributed by atoms with E-state index in [0.29, 0.717) is 18.4 Å². The van der Waals surface area contributed by atoms with Gasteiger partial charge >= 0.3 is 0 Å². The van der Waals surface area contributed by atoms with Crippen molar-refractivity contribution in [2.45, 2.75) is 13.2 Å². The molecule has 4 nitrogen and oxygen atoms in total. The first-order valence-corrected chi connectivity index (χ1v) is 5.84. The number of aromatic nitrogens is 2. The normalized spacial score (nSPS) is 10.3. The molecule has 0 bridgehead atoms. The molecule has 0 unspecified atom stereocenters. The Kier molecular flexibility index (Phi) is 4.50. The van der Waals surface area contributed by atoms with E-state index in [1.807, 2.05) is 24.3 Å². The summed E-state index contributed by atoms with van der Waals surface area (Å²) in [4.78, 5) is 0. The Labute approximate surface area is 111 Å². The summed E-state index contributed by atoms with van der Waals surface area (Å²) in [5.41, 5.74) is 1.80. The predicted molar refractivity (Wildman–Crippen MR) is 68.5 cm³/mol. The summed E-state index contributed by atoms with van der Waals surface area (Å²) in [7, 11) is 1.64. The van der Waals surface area contributed by atoms with Gasteiger partial charge in [0.1, 0.15) is 5.75 Å². The standard InChI is InChI=1S/C13H13ClN2O2/c1-17-12-4-2-3-10(7-12)8-18-9-11-5-6-13(14)16-15-11/h2-7H,8-9H2,1H3. The molecule has 0 aliphatic carbocycles. The Morgan fingerprint density at radius 2 is 2.00 bits per heavy atom. The second-order valence-corrected chi connectivity index (χ2v) is 4.08. The van der Waals surface area contributed by atoms with Crippen LogP contribution in [0.5, 0.6) is 5.75 Å². The maximum Gasteiger partial charge on any atom is 0.151 e. The number of halogens is 1. The van der Waals surface area contributed by atoms with E-state index in [4.69, 9.17) is 21.1 Å². The topological polar surface area (TPSA) is 44.2 Å². The van der Waals surface area contributed by atoms with E-state index in [9.17, 15) is 0 Å². The lowest BCUT2D eigenvalue weighted by molar-refractivity contribution is 0.104. The van der Waals surface area contributed by atoms with Gasteiger partial charge in [-0.3, -0.25) is 0 Å². The number of nitrogens with zero attached hydrogens (tertiary/aromatic N) is 2. The maximum absolute atomic E-state index is 5.65. The lowest BCUT2D eigenvalue weighted by atomic mass is 10.2. The first-order valence-electron chi connectivity index (χ1n) is 5.47. The van der Waals surface area contributed by atoms with Crippen LogP contribution in [0.2, 0.25) is 5.15 Å². The van der Waals surface area contributed by atoms with E-state index < -0.39 is 0 Å². The summed E-state index contributed by atoms with van der Waals surface area (Å²) < 4.78 is 10.7. The van der Waals surface area contributed by atoms with Gasteiger partial charge in [-0.15, -0.1) is 5.10 Å². The van der Waals surface area contributed by atoms with Crippen LogP contribution in [0.1, 0.15) is 11.3 Å². The molecule has 2 rings (SSSR count). The van der Waals surface area contributed by atoms with E-state index in [1.54, 1.807) is 19.2 Å². The van der Waals surface area contributed by atoms with Crippen molar-refractivity contribution in [3.8, 4) is 5.75 Å². The zero-order valence-electron chi connectivity index (χ0n) is 9.97. The zero-order chi connectivity index (χ0) is 12.8. The molecule has 0 saturated heterocycles. The Balaban J connectivity index is 1.86. The molecular formula is C13H13ClN2O2. The van der Waals surface area contributed by atoms with Crippen molar-refractivity contribution in [2.24, 2.45) is 0 Å². The summed E-state index contributed by atoms with van der Waals surface area (Å²) in [6, 6.07) is 11.2. The highest BCUT2D eigenvalue weighted by Crippen LogP contribution is 2.13. The second kappa shape index (κ2) is 6.33. The average molecular weight is 265 g/mol. The average Bonchev–Trinajstić information content (AvgIpc) is 2.41. The number of hydrogen-bond acceptors (Lipinski definition) is 4. The molecule has 0 saturated carbocycles. The smallest absolute Gasteiger partial charge is 0.151 e. The number of methoxy groups -OCH3 is 1. The molecule has 18 heavy (non-hydrogen) atoms. The molecule has 1 heterocycles. The van der Waals surface area contributed by atoms with E-state index >= 15 is 0 Å². The fourth-order valence-corrected chi connectivity index (χ4v) is 1.56. The molecule has 0 atom stereocenters. The van der Waals surface area contributed by atoms with Gasteiger partial charge in [-0.05, 0) is 29.8 Å². The summed E-state index contributed by atoms with van der Waals surface area (Å²) in [5, 5.41) is 8.04. The van der Waals surface area contributed by atoms with Crippen LogP contribution in [0.3, 0.4) is 0 Å². The van der Waals surface area contributed by atoms with Crippen LogP contribution in [-0.4, -0.2) is 17.3 Å². The first-order chi connectivity index (χ1) is 8.78. The Bertz CT molecular complexity index is 503. The largest absolute Gasteiger partial charge is 0.497 e. The van der Waals surface area contributed by atoms with Gasteiger partial charge in [0.05, 0.1) is 26.0 Å². The summed E-state index contributed by atoms with van der Waals surface area (Å²) in [6.45, 7) is 0.906. The molecule has 0 aliphatic rings. The summed E-state index contributed by atoms with van der Waals surface area (Å²) in [5.74, 6) is 0.822. The molecule has 1 aromatic heterocycles. The summed E-state index contributed by atoms with van der Waals surface area (Å²) >= 11 is 5.65. The van der Waals surface area contributed by atoms with E-state index in [0.717, 1.165) is 17.0 Å². The van der Waals surface area contributed by atoms with Gasteiger partial charge in [0.15, 0.2) is 5.15 Å². The van der Waals surface area contributed by atoms with Gasteiger partial charge in [-0.1, -0.05) is 23.7 Å². The molecule has 94 valence electrons. The molecule has 0 spiro atoms. The fourth-order valence-electron chi connectivity index (χ4n) is 1.46. The minimum atomic E-state index is 0.381. The van der Waals surface area contributed by atoms with Gasteiger partial charge < -0.3 is 9.47 Å². The van der Waals surface area contributed by atoms with E-state index in [-0.39, 0.29) is 0 Å². The third-order valence-electron chi connectivity index (χ3n) is 2.34. The van der Waals surface area contributed by atoms with Crippen LogP contribution >= 0.6 is 11.6 Å². The monoisotopic (exact) mass is 264 g/mol. The van der Waals surface area contributed by atoms with Crippen molar-refractivity contribution in [1.29, 1.82) is 0 Å². The third-order valence-corrected chi connectivity index (χ3v) is 2.54. The van der Waals surface area contributed by atoms with Gasteiger partial charge in [-0.2, -0.15) is 5.10 Å². The number of ether oxygens (including phenoxy) is 2. The molecule has 1 aromatic carbocycles. The molecular weight excluding hydrogens is 252 g/mol. The van der Waals surface area contributed by atoms with Crippen molar-refractivity contribution in [3.63, 3.8) is 0 Å². The van der Waals surface area contributed by atoms with E-state index in [2.05, 4.69) is 10.2 Å². The molecule has 0 fully saturated rings. The first kappa shape index (κ1) is 12.8. The molecule has 5 heteroatoms. The van der Waals surface area contributed by atoms with Crippen LogP contribution in [-0.2, 0) is 18.0 Å². The summed E-state index contributed by atoms with van der Waals surface area (Å²) in [6.07, 6.45) is 0. The lowest BCUT2D eigenvalue weighted by Crippen LogP contribution is -1.98. The Morgan fingerprint density at radius 1 is 1.11 bits per heavy atom. The van der Waals surface area contributed by atoms with Crippen molar-refractivity contribution >= 4 is 11.6 Å². The maximum atomic E-state index is 5.65. The fraction of sp³-hybridized carbons (Fsp3) is 0.231. The van der Waals surface area contributed by atoms with Gasteiger partial charge in [0, 0.05) is 0 Å². The highest BCUT2D eigenvalue weighted by atomic mass is 35.5. The SMILES string of the molecule is COc1cccc(COCc2ccc(Cl)nn2)c1. The van der Waals surface area contributed by atoms with Crippen LogP contribution in [0.25, 0.3) is 0 Å². The second-order valence-electron chi connectivity index (χ2n) is 3.69. The van der Waals surface area contributed by atoms with Crippen molar-refractivity contribution in [3.05, 3.63) is 52.8 Å². The minimum Gasteiger partial charge on any atom is -0.497 e. The molecule has 2 aromatic rings. The van der Waals surface area contributed by atoms with Gasteiger partial charge in [-0.25, -0.2) is 0 Å². The Hall–Kier alpha value is -1.65. The Morgan fingerprint density at radius 3 is 2.72 bits per heavy atom. The van der Waals surface area contributed by atoms with Crippen LogP contribution < -0.4 is 4.74 Å². The van der Waals surface area contributed by atoms with Crippen molar-refractivity contribution in [2.75, 3.05) is 7.11 Å². The highest BCUT2D eigenvalue weighted by molar-refractivity contribution is 6.29. The van der Waals surface area contributed by atoms with Gasteiger partial charge in [0.25, 0.3) is 0 Å². The molecule has 0 radical (unpaired) electrons. The van der Waals surface area contributed by atoms with Crippen molar-refractivity contribution < 1.29 is 9.47 Å². The quantitative estimate of drug-likeness (QED) is 0.833. The van der Waals surface area contributed by atoms with Crippen LogP contribution in [0.4, 0.5) is 0 Å². The van der Waals surface area contributed by atoms with E-state index in [1.165, 1.54) is 0 Å². The lowest BCUT2D eigenvalue weighted by Gasteiger charge is -2.05. The molecule has 0 aliphatic heterocycles. The minimum absolute atomic E-state index is 0.381. The zero-order valence-corrected chi connectivity index (χ0v) is 10.7. The van der Waals surface area contributed by atoms with Crippen LogP contribution in [0.15, 0.2) is 36.4 Å².